The normalized spacial score (nSPS) is 14.5. The summed E-state index contributed by atoms with van der Waals surface area (Å²) in [4.78, 5) is 39.1. The van der Waals surface area contributed by atoms with Gasteiger partial charge in [0.15, 0.2) is 0 Å². The molecule has 1 aliphatic rings. The first-order valence-corrected chi connectivity index (χ1v) is 11.7. The van der Waals surface area contributed by atoms with Crippen LogP contribution >= 0.6 is 35.0 Å². The summed E-state index contributed by atoms with van der Waals surface area (Å²) >= 11 is 12.7. The zero-order valence-corrected chi connectivity index (χ0v) is 19.9. The lowest BCUT2D eigenvalue weighted by Gasteiger charge is -2.13. The maximum absolute atomic E-state index is 12.8. The van der Waals surface area contributed by atoms with E-state index in [4.69, 9.17) is 32.7 Å². The average Bonchev–Trinajstić information content (AvgIpc) is 3.09. The molecule has 2 amide bonds. The number of hydrogen-bond donors (Lipinski definition) is 0. The molecule has 0 aliphatic carbocycles. The first-order valence-electron chi connectivity index (χ1n) is 10.1. The van der Waals surface area contributed by atoms with Crippen LogP contribution in [0.2, 0.25) is 10.0 Å². The molecule has 172 valence electrons. The van der Waals surface area contributed by atoms with Gasteiger partial charge in [0, 0.05) is 10.6 Å². The molecule has 1 aliphatic heterocycles. The van der Waals surface area contributed by atoms with Crippen molar-refractivity contribution in [2.24, 2.45) is 0 Å². The molecule has 0 aromatic heterocycles. The van der Waals surface area contributed by atoms with Gasteiger partial charge in [-0.05, 0) is 60.3 Å². The fourth-order valence-corrected chi connectivity index (χ4v) is 4.25. The third kappa shape index (κ3) is 5.62. The lowest BCUT2D eigenvalue weighted by Crippen LogP contribution is -2.32. The summed E-state index contributed by atoms with van der Waals surface area (Å²) in [6.07, 6.45) is 1.53. The number of amides is 2. The largest absolute Gasteiger partial charge is 0.490 e. The number of ether oxygens (including phenoxy) is 2. The van der Waals surface area contributed by atoms with Gasteiger partial charge in [-0.1, -0.05) is 53.5 Å². The quantitative estimate of drug-likeness (QED) is 0.209. The maximum atomic E-state index is 12.8. The zero-order chi connectivity index (χ0) is 24.1. The molecule has 1 heterocycles. The van der Waals surface area contributed by atoms with Crippen molar-refractivity contribution in [1.29, 1.82) is 0 Å². The lowest BCUT2D eigenvalue weighted by molar-refractivity contribution is -0.123. The van der Waals surface area contributed by atoms with Gasteiger partial charge in [0.05, 0.1) is 22.0 Å². The van der Waals surface area contributed by atoms with Crippen LogP contribution in [-0.4, -0.2) is 35.2 Å². The van der Waals surface area contributed by atoms with Crippen molar-refractivity contribution in [2.75, 3.05) is 13.2 Å². The fourth-order valence-electron chi connectivity index (χ4n) is 3.08. The highest BCUT2D eigenvalue weighted by Crippen LogP contribution is 2.34. The molecule has 4 rings (SSSR count). The van der Waals surface area contributed by atoms with Crippen molar-refractivity contribution in [2.45, 2.75) is 0 Å². The molecule has 0 spiro atoms. The summed E-state index contributed by atoms with van der Waals surface area (Å²) < 4.78 is 11.1. The van der Waals surface area contributed by atoms with Gasteiger partial charge in [0.2, 0.25) is 0 Å². The molecule has 0 atom stereocenters. The number of esters is 1. The number of benzene rings is 3. The van der Waals surface area contributed by atoms with Crippen molar-refractivity contribution in [3.8, 4) is 11.5 Å². The smallest absolute Gasteiger partial charge is 0.343 e. The Labute approximate surface area is 210 Å². The number of thioether (sulfide) groups is 1. The third-order valence-electron chi connectivity index (χ3n) is 4.77. The molecule has 1 fully saturated rings. The Morgan fingerprint density at radius 3 is 2.32 bits per heavy atom. The Bertz CT molecular complexity index is 1280. The molecule has 0 bridgehead atoms. The Kier molecular flexibility index (Phi) is 7.57. The number of carbonyl (C=O) groups is 3. The molecule has 1 saturated heterocycles. The topological polar surface area (TPSA) is 72.9 Å². The van der Waals surface area contributed by atoms with Gasteiger partial charge in [-0.2, -0.15) is 0 Å². The maximum Gasteiger partial charge on any atom is 0.343 e. The molecule has 0 radical (unpaired) electrons. The van der Waals surface area contributed by atoms with Gasteiger partial charge in [0.25, 0.3) is 11.1 Å². The predicted octanol–water partition coefficient (Wildman–Crippen LogP) is 6.33. The van der Waals surface area contributed by atoms with Crippen molar-refractivity contribution in [3.05, 3.63) is 98.9 Å². The van der Waals surface area contributed by atoms with Gasteiger partial charge in [-0.3, -0.25) is 14.5 Å². The minimum atomic E-state index is -0.567. The second-order valence-corrected chi connectivity index (χ2v) is 8.88. The van der Waals surface area contributed by atoms with E-state index in [0.29, 0.717) is 26.9 Å². The Morgan fingerprint density at radius 2 is 1.59 bits per heavy atom. The standard InChI is InChI=1S/C25H17Cl2NO5S/c26-18-11-9-16(10-12-18)24(30)33-20-7-3-1-5-17(20)15-22-23(29)28(25(31)34-22)13-14-32-21-8-4-2-6-19(21)27/h1-12,15H,13-14H2/b22-15-. The van der Waals surface area contributed by atoms with Crippen LogP contribution in [0.3, 0.4) is 0 Å². The van der Waals surface area contributed by atoms with Crippen LogP contribution in [-0.2, 0) is 4.79 Å². The molecule has 6 nitrogen and oxygen atoms in total. The summed E-state index contributed by atoms with van der Waals surface area (Å²) in [5.41, 5.74) is 0.820. The number of imide groups is 1. The average molecular weight is 514 g/mol. The summed E-state index contributed by atoms with van der Waals surface area (Å²) in [6, 6.07) is 20.0. The highest BCUT2D eigenvalue weighted by molar-refractivity contribution is 8.18. The minimum Gasteiger partial charge on any atom is -0.490 e. The number of nitrogens with zero attached hydrogens (tertiary/aromatic N) is 1. The Morgan fingerprint density at radius 1 is 0.912 bits per heavy atom. The summed E-state index contributed by atoms with van der Waals surface area (Å²) in [5, 5.41) is 0.542. The van der Waals surface area contributed by atoms with Gasteiger partial charge >= 0.3 is 5.97 Å². The number of carbonyl (C=O) groups excluding carboxylic acids is 3. The van der Waals surface area contributed by atoms with E-state index in [1.165, 1.54) is 6.08 Å². The van der Waals surface area contributed by atoms with Crippen LogP contribution in [0.25, 0.3) is 6.08 Å². The summed E-state index contributed by atoms with van der Waals surface area (Å²) in [7, 11) is 0. The number of halogens is 2. The molecule has 34 heavy (non-hydrogen) atoms. The van der Waals surface area contributed by atoms with E-state index in [0.717, 1.165) is 16.7 Å². The number of para-hydroxylation sites is 2. The predicted molar refractivity (Wildman–Crippen MR) is 132 cm³/mol. The first kappa shape index (κ1) is 23.9. The molecular formula is C25H17Cl2NO5S. The highest BCUT2D eigenvalue weighted by atomic mass is 35.5. The number of hydrogen-bond acceptors (Lipinski definition) is 6. The second-order valence-electron chi connectivity index (χ2n) is 7.05. The molecule has 0 saturated carbocycles. The van der Waals surface area contributed by atoms with Gasteiger partial charge < -0.3 is 9.47 Å². The molecule has 3 aromatic rings. The van der Waals surface area contributed by atoms with Crippen molar-refractivity contribution >= 4 is 58.2 Å². The van der Waals surface area contributed by atoms with Crippen LogP contribution < -0.4 is 9.47 Å². The van der Waals surface area contributed by atoms with Crippen LogP contribution in [0.5, 0.6) is 11.5 Å². The highest BCUT2D eigenvalue weighted by Gasteiger charge is 2.35. The monoisotopic (exact) mass is 513 g/mol. The van der Waals surface area contributed by atoms with Crippen molar-refractivity contribution < 1.29 is 23.9 Å². The molecule has 3 aromatic carbocycles. The molecule has 0 unspecified atom stereocenters. The van der Waals surface area contributed by atoms with E-state index >= 15 is 0 Å². The zero-order valence-electron chi connectivity index (χ0n) is 17.6. The van der Waals surface area contributed by atoms with E-state index in [2.05, 4.69) is 0 Å². The third-order valence-corrected chi connectivity index (χ3v) is 6.24. The van der Waals surface area contributed by atoms with Crippen molar-refractivity contribution in [3.63, 3.8) is 0 Å². The molecule has 9 heteroatoms. The Balaban J connectivity index is 1.45. The van der Waals surface area contributed by atoms with Crippen LogP contribution in [0.15, 0.2) is 77.7 Å². The number of rotatable bonds is 7. The first-order chi connectivity index (χ1) is 16.4. The minimum absolute atomic E-state index is 0.0699. The van der Waals surface area contributed by atoms with E-state index in [1.54, 1.807) is 72.8 Å². The van der Waals surface area contributed by atoms with Gasteiger partial charge in [0.1, 0.15) is 18.1 Å². The Hall–Kier alpha value is -3.26. The molecular weight excluding hydrogens is 497 g/mol. The SMILES string of the molecule is O=C(Oc1ccccc1/C=C1\SC(=O)N(CCOc2ccccc2Cl)C1=O)c1ccc(Cl)cc1. The summed E-state index contributed by atoms with van der Waals surface area (Å²) in [5.74, 6) is -0.279. The fraction of sp³-hybridized carbons (Fsp3) is 0.0800. The lowest BCUT2D eigenvalue weighted by atomic mass is 10.1. The van der Waals surface area contributed by atoms with E-state index in [-0.39, 0.29) is 23.8 Å². The van der Waals surface area contributed by atoms with Crippen LogP contribution in [0, 0.1) is 0 Å². The molecule has 0 N–H and O–H groups in total. The van der Waals surface area contributed by atoms with Crippen molar-refractivity contribution in [1.82, 2.24) is 4.90 Å². The van der Waals surface area contributed by atoms with E-state index in [1.807, 2.05) is 0 Å². The summed E-state index contributed by atoms with van der Waals surface area (Å²) in [6.45, 7) is 0.171. The van der Waals surface area contributed by atoms with Gasteiger partial charge in [-0.15, -0.1) is 0 Å². The van der Waals surface area contributed by atoms with E-state index < -0.39 is 17.1 Å². The van der Waals surface area contributed by atoms with Crippen LogP contribution in [0.1, 0.15) is 15.9 Å². The van der Waals surface area contributed by atoms with E-state index in [9.17, 15) is 14.4 Å². The second kappa shape index (κ2) is 10.8. The van der Waals surface area contributed by atoms with Gasteiger partial charge in [-0.25, -0.2) is 4.79 Å². The van der Waals surface area contributed by atoms with Crippen LogP contribution in [0.4, 0.5) is 4.79 Å².